The van der Waals surface area contributed by atoms with Crippen molar-refractivity contribution in [2.45, 2.75) is 19.6 Å². The third-order valence-corrected chi connectivity index (χ3v) is 5.66. The molecular weight excluding hydrogens is 414 g/mol. The Balaban J connectivity index is 1.59. The molecule has 32 heavy (non-hydrogen) atoms. The molecule has 3 aromatic heterocycles. The van der Waals surface area contributed by atoms with Gasteiger partial charge < -0.3 is 25.0 Å². The topological polar surface area (TPSA) is 137 Å². The van der Waals surface area contributed by atoms with Crippen molar-refractivity contribution < 1.29 is 14.3 Å². The average Bonchev–Trinajstić information content (AvgIpc) is 3.28. The maximum atomic E-state index is 12.3. The number of imidazole rings is 1. The van der Waals surface area contributed by atoms with Crippen molar-refractivity contribution in [1.29, 1.82) is 0 Å². The first-order valence-electron chi connectivity index (χ1n) is 10.7. The highest BCUT2D eigenvalue weighted by Crippen LogP contribution is 2.29. The van der Waals surface area contributed by atoms with E-state index in [1.54, 1.807) is 18.7 Å². The van der Waals surface area contributed by atoms with Gasteiger partial charge in [0.25, 0.3) is 0 Å². The van der Waals surface area contributed by atoms with Gasteiger partial charge in [0.15, 0.2) is 29.0 Å². The van der Waals surface area contributed by atoms with Crippen molar-refractivity contribution in [3.05, 3.63) is 18.7 Å². The van der Waals surface area contributed by atoms with Gasteiger partial charge in [0, 0.05) is 38.4 Å². The summed E-state index contributed by atoms with van der Waals surface area (Å²) in [4.78, 5) is 38.6. The van der Waals surface area contributed by atoms with Gasteiger partial charge >= 0.3 is 0 Å². The average molecular weight is 439 g/mol. The van der Waals surface area contributed by atoms with Gasteiger partial charge in [-0.25, -0.2) is 24.9 Å². The number of ether oxygens (including phenoxy) is 2. The molecule has 12 heteroatoms. The fraction of sp³-hybridized carbons (Fsp3) is 0.500. The second-order valence-corrected chi connectivity index (χ2v) is 7.64. The highest BCUT2D eigenvalue weighted by molar-refractivity contribution is 5.86. The van der Waals surface area contributed by atoms with Gasteiger partial charge in [-0.2, -0.15) is 0 Å². The van der Waals surface area contributed by atoms with Crippen LogP contribution in [0.5, 0.6) is 0 Å². The van der Waals surface area contributed by atoms with E-state index in [1.807, 2.05) is 16.4 Å². The van der Waals surface area contributed by atoms with E-state index in [4.69, 9.17) is 25.2 Å². The molecule has 2 aliphatic rings. The van der Waals surface area contributed by atoms with Crippen LogP contribution in [0, 0.1) is 0 Å². The van der Waals surface area contributed by atoms with E-state index in [0.29, 0.717) is 75.0 Å². The molecule has 2 saturated heterocycles. The van der Waals surface area contributed by atoms with Gasteiger partial charge in [-0.1, -0.05) is 6.92 Å². The Morgan fingerprint density at radius 1 is 1.12 bits per heavy atom. The molecule has 2 fully saturated rings. The predicted octanol–water partition coefficient (Wildman–Crippen LogP) is 0.470. The Morgan fingerprint density at radius 3 is 2.66 bits per heavy atom. The summed E-state index contributed by atoms with van der Waals surface area (Å²) in [5, 5.41) is 0. The first-order valence-corrected chi connectivity index (χ1v) is 10.7. The maximum Gasteiger partial charge on any atom is 0.222 e. The zero-order valence-electron chi connectivity index (χ0n) is 17.8. The Morgan fingerprint density at radius 2 is 1.91 bits per heavy atom. The first kappa shape index (κ1) is 20.5. The molecule has 1 atom stereocenters. The Kier molecular flexibility index (Phi) is 5.53. The lowest BCUT2D eigenvalue weighted by molar-refractivity contribution is -0.142. The first-order chi connectivity index (χ1) is 15.6. The molecule has 2 N–H and O–H groups in total. The highest BCUT2D eigenvalue weighted by Gasteiger charge is 2.28. The van der Waals surface area contributed by atoms with E-state index < -0.39 is 0 Å². The molecule has 0 aromatic carbocycles. The summed E-state index contributed by atoms with van der Waals surface area (Å²) in [6, 6.07) is 0. The summed E-state index contributed by atoms with van der Waals surface area (Å²) in [5.41, 5.74) is 7.60. The largest absolute Gasteiger partial charge is 0.378 e. The van der Waals surface area contributed by atoms with E-state index in [-0.39, 0.29) is 18.1 Å². The summed E-state index contributed by atoms with van der Waals surface area (Å²) in [5.74, 6) is 1.48. The lowest BCUT2D eigenvalue weighted by atomic mass is 10.3. The minimum atomic E-state index is -0.382. The summed E-state index contributed by atoms with van der Waals surface area (Å²) in [7, 11) is 0. The van der Waals surface area contributed by atoms with Gasteiger partial charge in [0.2, 0.25) is 11.9 Å². The van der Waals surface area contributed by atoms with Crippen LogP contribution in [0.1, 0.15) is 19.6 Å². The van der Waals surface area contributed by atoms with Crippen LogP contribution in [0.4, 0.5) is 11.8 Å². The van der Waals surface area contributed by atoms with Crippen molar-refractivity contribution in [3.8, 4) is 11.4 Å². The number of nitrogens with zero attached hydrogens (tertiary/aromatic N) is 8. The summed E-state index contributed by atoms with van der Waals surface area (Å²) in [6.07, 6.45) is 4.99. The molecule has 1 amide bonds. The number of nitrogens with two attached hydrogens (primary N) is 1. The number of rotatable bonds is 4. The molecule has 0 radical (unpaired) electrons. The fourth-order valence-corrected chi connectivity index (χ4v) is 3.94. The quantitative estimate of drug-likeness (QED) is 0.610. The normalized spacial score (nSPS) is 19.5. The molecule has 5 heterocycles. The molecule has 3 aromatic rings. The number of hydrogen-bond acceptors (Lipinski definition) is 10. The second kappa shape index (κ2) is 8.63. The number of aromatic nitrogens is 6. The van der Waals surface area contributed by atoms with E-state index in [9.17, 15) is 4.79 Å². The molecule has 0 bridgehead atoms. The Labute approximate surface area is 184 Å². The van der Waals surface area contributed by atoms with Gasteiger partial charge in [-0.3, -0.25) is 9.36 Å². The van der Waals surface area contributed by atoms with Crippen LogP contribution in [-0.2, 0) is 14.3 Å². The maximum absolute atomic E-state index is 12.3. The highest BCUT2D eigenvalue weighted by atomic mass is 16.5. The van der Waals surface area contributed by atoms with Crippen LogP contribution in [0.3, 0.4) is 0 Å². The van der Waals surface area contributed by atoms with Crippen molar-refractivity contribution >= 4 is 28.8 Å². The van der Waals surface area contributed by atoms with Gasteiger partial charge in [-0.15, -0.1) is 0 Å². The van der Waals surface area contributed by atoms with Crippen LogP contribution in [0.15, 0.2) is 18.7 Å². The summed E-state index contributed by atoms with van der Waals surface area (Å²) in [6.45, 7) is 5.98. The monoisotopic (exact) mass is 439 g/mol. The molecule has 0 saturated carbocycles. The van der Waals surface area contributed by atoms with Crippen LogP contribution in [-0.4, -0.2) is 86.3 Å². The van der Waals surface area contributed by atoms with Crippen LogP contribution in [0.2, 0.25) is 0 Å². The number of carbonyl (C=O) groups excluding carboxylic acids is 1. The minimum absolute atomic E-state index is 0.103. The predicted molar refractivity (Wildman–Crippen MR) is 116 cm³/mol. The Bertz CT molecular complexity index is 1110. The van der Waals surface area contributed by atoms with Crippen molar-refractivity contribution in [1.82, 2.24) is 34.4 Å². The number of fused-ring (bicyclic) bond motifs is 1. The molecule has 0 aliphatic carbocycles. The molecule has 168 valence electrons. The van der Waals surface area contributed by atoms with E-state index in [2.05, 4.69) is 19.9 Å². The number of nitrogen functional groups attached to an aromatic ring is 1. The number of hydrogen-bond donors (Lipinski definition) is 1. The third-order valence-electron chi connectivity index (χ3n) is 5.66. The zero-order chi connectivity index (χ0) is 22.1. The standard InChI is InChI=1S/C20H25N9O3/c1-2-14(30)28-5-8-32-15(11-28)29-12-24-16-18(27-3-6-31-7-4-27)25-17(26-19(16)29)13-9-22-20(21)23-10-13/h9-10,12,15H,2-8,11H2,1H3,(H2,21,22,23). The van der Waals surface area contributed by atoms with E-state index >= 15 is 0 Å². The zero-order valence-corrected chi connectivity index (χ0v) is 17.8. The lowest BCUT2D eigenvalue weighted by Gasteiger charge is -2.33. The van der Waals surface area contributed by atoms with Gasteiger partial charge in [0.05, 0.1) is 38.3 Å². The van der Waals surface area contributed by atoms with Gasteiger partial charge in [0.1, 0.15) is 0 Å². The van der Waals surface area contributed by atoms with E-state index in [1.165, 1.54) is 0 Å². The molecule has 0 spiro atoms. The molecule has 1 unspecified atom stereocenters. The molecule has 2 aliphatic heterocycles. The van der Waals surface area contributed by atoms with Crippen molar-refractivity contribution in [2.24, 2.45) is 0 Å². The van der Waals surface area contributed by atoms with Gasteiger partial charge in [-0.05, 0) is 0 Å². The SMILES string of the molecule is CCC(=O)N1CCOC(n2cnc3c(N4CCOCC4)nc(-c4cnc(N)nc4)nc32)C1. The smallest absolute Gasteiger partial charge is 0.222 e. The van der Waals surface area contributed by atoms with Crippen LogP contribution >= 0.6 is 0 Å². The van der Waals surface area contributed by atoms with E-state index in [0.717, 1.165) is 5.82 Å². The Hall–Kier alpha value is -3.38. The number of amides is 1. The minimum Gasteiger partial charge on any atom is -0.378 e. The molecular formula is C20H25N9O3. The van der Waals surface area contributed by atoms with Crippen molar-refractivity contribution in [2.75, 3.05) is 56.6 Å². The lowest BCUT2D eigenvalue weighted by Crippen LogP contribution is -2.43. The number of anilines is 2. The van der Waals surface area contributed by atoms with Crippen LogP contribution in [0.25, 0.3) is 22.6 Å². The summed E-state index contributed by atoms with van der Waals surface area (Å²) < 4.78 is 13.4. The fourth-order valence-electron chi connectivity index (χ4n) is 3.94. The number of morpholine rings is 2. The summed E-state index contributed by atoms with van der Waals surface area (Å²) >= 11 is 0. The van der Waals surface area contributed by atoms with Crippen molar-refractivity contribution in [3.63, 3.8) is 0 Å². The second-order valence-electron chi connectivity index (χ2n) is 7.64. The molecule has 12 nitrogen and oxygen atoms in total. The molecule has 5 rings (SSSR count). The third kappa shape index (κ3) is 3.82. The number of carbonyl (C=O) groups is 1. The van der Waals surface area contributed by atoms with Crippen LogP contribution < -0.4 is 10.6 Å².